The molecule has 130 valence electrons. The van der Waals surface area contributed by atoms with Crippen molar-refractivity contribution in [1.29, 1.82) is 0 Å². The minimum absolute atomic E-state index is 0. The number of carbonyl (C=O) groups excluding carboxylic acids is 2. The number of benzene rings is 1. The fourth-order valence-corrected chi connectivity index (χ4v) is 2.68. The second-order valence-electron chi connectivity index (χ2n) is 5.12. The van der Waals surface area contributed by atoms with Gasteiger partial charge >= 0.3 is 0 Å². The summed E-state index contributed by atoms with van der Waals surface area (Å²) in [4.78, 5) is 24.7. The molecule has 1 aromatic rings. The molecule has 0 aromatic heterocycles. The Balaban J connectivity index is 0.00000484. The first-order valence-electron chi connectivity index (χ1n) is 7.54. The Hall–Kier alpha value is -1.24. The predicted octanol–water partition coefficient (Wildman–Crippen LogP) is 2.06. The first-order valence-corrected chi connectivity index (χ1v) is 8.53. The zero-order chi connectivity index (χ0) is 16.4. The average molecular weight is 360 g/mol. The molecule has 0 unspecified atom stereocenters. The number of rotatable bonds is 9. The van der Waals surface area contributed by atoms with Gasteiger partial charge < -0.3 is 16.0 Å². The summed E-state index contributed by atoms with van der Waals surface area (Å²) in [5, 5.41) is 8.88. The van der Waals surface area contributed by atoms with E-state index >= 15 is 0 Å². The highest BCUT2D eigenvalue weighted by molar-refractivity contribution is 8.00. The third-order valence-corrected chi connectivity index (χ3v) is 3.85. The Bertz CT molecular complexity index is 498. The smallest absolute Gasteiger partial charge is 0.252 e. The summed E-state index contributed by atoms with van der Waals surface area (Å²) in [6.07, 6.45) is 0. The van der Waals surface area contributed by atoms with Gasteiger partial charge in [-0.15, -0.1) is 24.2 Å². The molecule has 0 spiro atoms. The monoisotopic (exact) mass is 359 g/mol. The SMILES string of the molecule is CCNCCNC(=O)c1ccccc1SCC(=O)NC(C)C.Cl. The Labute approximate surface area is 148 Å². The van der Waals surface area contributed by atoms with Crippen molar-refractivity contribution in [1.82, 2.24) is 16.0 Å². The molecular formula is C16H26ClN3O2S. The topological polar surface area (TPSA) is 70.2 Å². The molecule has 2 amide bonds. The molecule has 0 aliphatic rings. The van der Waals surface area contributed by atoms with Gasteiger partial charge in [0.1, 0.15) is 0 Å². The molecule has 1 rings (SSSR count). The van der Waals surface area contributed by atoms with E-state index in [-0.39, 0.29) is 30.3 Å². The molecular weight excluding hydrogens is 334 g/mol. The molecule has 0 saturated heterocycles. The first-order chi connectivity index (χ1) is 10.5. The van der Waals surface area contributed by atoms with Crippen molar-refractivity contribution in [3.8, 4) is 0 Å². The van der Waals surface area contributed by atoms with Crippen LogP contribution >= 0.6 is 24.2 Å². The molecule has 0 aliphatic heterocycles. The summed E-state index contributed by atoms with van der Waals surface area (Å²) >= 11 is 1.38. The molecule has 0 bridgehead atoms. The number of hydrogen-bond donors (Lipinski definition) is 3. The Morgan fingerprint density at radius 2 is 1.87 bits per heavy atom. The van der Waals surface area contributed by atoms with Gasteiger partial charge in [0.15, 0.2) is 0 Å². The largest absolute Gasteiger partial charge is 0.353 e. The van der Waals surface area contributed by atoms with E-state index in [9.17, 15) is 9.59 Å². The van der Waals surface area contributed by atoms with E-state index in [4.69, 9.17) is 0 Å². The van der Waals surface area contributed by atoms with E-state index in [0.717, 1.165) is 18.0 Å². The number of likely N-dealkylation sites (N-methyl/N-ethyl adjacent to an activating group) is 1. The molecule has 0 radical (unpaired) electrons. The predicted molar refractivity (Wildman–Crippen MR) is 98.6 cm³/mol. The number of thioether (sulfide) groups is 1. The van der Waals surface area contributed by atoms with Crippen LogP contribution in [0.5, 0.6) is 0 Å². The van der Waals surface area contributed by atoms with Crippen LogP contribution in [0.2, 0.25) is 0 Å². The maximum absolute atomic E-state index is 12.2. The molecule has 0 heterocycles. The van der Waals surface area contributed by atoms with E-state index in [1.54, 1.807) is 6.07 Å². The van der Waals surface area contributed by atoms with Crippen molar-refractivity contribution in [2.75, 3.05) is 25.4 Å². The fraction of sp³-hybridized carbons (Fsp3) is 0.500. The number of nitrogens with one attached hydrogen (secondary N) is 3. The maximum Gasteiger partial charge on any atom is 0.252 e. The van der Waals surface area contributed by atoms with Gasteiger partial charge in [0.05, 0.1) is 11.3 Å². The number of halogens is 1. The van der Waals surface area contributed by atoms with E-state index in [1.807, 2.05) is 39.0 Å². The van der Waals surface area contributed by atoms with Crippen molar-refractivity contribution >= 4 is 36.0 Å². The Kier molecular flexibility index (Phi) is 11.6. The lowest BCUT2D eigenvalue weighted by atomic mass is 10.2. The third-order valence-electron chi connectivity index (χ3n) is 2.78. The second kappa shape index (κ2) is 12.2. The van der Waals surface area contributed by atoms with Gasteiger partial charge in [0.2, 0.25) is 5.91 Å². The van der Waals surface area contributed by atoms with Crippen LogP contribution in [0.4, 0.5) is 0 Å². The number of carbonyl (C=O) groups is 2. The highest BCUT2D eigenvalue weighted by Gasteiger charge is 2.12. The molecule has 0 fully saturated rings. The summed E-state index contributed by atoms with van der Waals surface area (Å²) in [7, 11) is 0. The third kappa shape index (κ3) is 8.83. The summed E-state index contributed by atoms with van der Waals surface area (Å²) in [5.41, 5.74) is 0.612. The van der Waals surface area contributed by atoms with Gasteiger partial charge in [-0.1, -0.05) is 19.1 Å². The Morgan fingerprint density at radius 1 is 1.17 bits per heavy atom. The van der Waals surface area contributed by atoms with Crippen molar-refractivity contribution in [3.05, 3.63) is 29.8 Å². The van der Waals surface area contributed by atoms with Gasteiger partial charge in [-0.2, -0.15) is 0 Å². The van der Waals surface area contributed by atoms with E-state index in [1.165, 1.54) is 11.8 Å². The van der Waals surface area contributed by atoms with Gasteiger partial charge in [-0.05, 0) is 32.5 Å². The first kappa shape index (κ1) is 21.8. The lowest BCUT2D eigenvalue weighted by Gasteiger charge is -2.11. The van der Waals surface area contributed by atoms with Crippen molar-refractivity contribution in [2.45, 2.75) is 31.7 Å². The molecule has 7 heteroatoms. The van der Waals surface area contributed by atoms with Gasteiger partial charge in [0.25, 0.3) is 5.91 Å². The lowest BCUT2D eigenvalue weighted by molar-refractivity contribution is -0.119. The molecule has 0 saturated carbocycles. The van der Waals surface area contributed by atoms with E-state index < -0.39 is 0 Å². The van der Waals surface area contributed by atoms with Crippen LogP contribution in [0.15, 0.2) is 29.2 Å². The zero-order valence-corrected chi connectivity index (χ0v) is 15.5. The zero-order valence-electron chi connectivity index (χ0n) is 13.8. The molecule has 0 atom stereocenters. The average Bonchev–Trinajstić information content (AvgIpc) is 2.49. The lowest BCUT2D eigenvalue weighted by Crippen LogP contribution is -2.32. The summed E-state index contributed by atoms with van der Waals surface area (Å²) in [5.74, 6) is 0.174. The van der Waals surface area contributed by atoms with Gasteiger partial charge in [-0.25, -0.2) is 0 Å². The number of hydrogen-bond acceptors (Lipinski definition) is 4. The van der Waals surface area contributed by atoms with Crippen LogP contribution in [0, 0.1) is 0 Å². The minimum atomic E-state index is -0.106. The summed E-state index contributed by atoms with van der Waals surface area (Å²) in [6, 6.07) is 7.48. The number of amides is 2. The van der Waals surface area contributed by atoms with Crippen LogP contribution in [-0.4, -0.2) is 43.2 Å². The van der Waals surface area contributed by atoms with Gasteiger partial charge in [-0.3, -0.25) is 9.59 Å². The second-order valence-corrected chi connectivity index (χ2v) is 6.13. The quantitative estimate of drug-likeness (QED) is 0.466. The van der Waals surface area contributed by atoms with Crippen LogP contribution in [0.3, 0.4) is 0 Å². The van der Waals surface area contributed by atoms with E-state index in [0.29, 0.717) is 17.9 Å². The van der Waals surface area contributed by atoms with E-state index in [2.05, 4.69) is 16.0 Å². The standard InChI is InChI=1S/C16H25N3O2S.ClH/c1-4-17-9-10-18-16(21)13-7-5-6-8-14(13)22-11-15(20)19-12(2)3;/h5-8,12,17H,4,9-11H2,1-3H3,(H,18,21)(H,19,20);1H. The minimum Gasteiger partial charge on any atom is -0.353 e. The highest BCUT2D eigenvalue weighted by atomic mass is 35.5. The van der Waals surface area contributed by atoms with Crippen molar-refractivity contribution in [2.24, 2.45) is 0 Å². The normalized spacial score (nSPS) is 10.1. The van der Waals surface area contributed by atoms with Gasteiger partial charge in [0, 0.05) is 24.0 Å². The molecule has 23 heavy (non-hydrogen) atoms. The van der Waals surface area contributed by atoms with Crippen LogP contribution < -0.4 is 16.0 Å². The van der Waals surface area contributed by atoms with Crippen LogP contribution in [0.1, 0.15) is 31.1 Å². The summed E-state index contributed by atoms with van der Waals surface area (Å²) in [6.45, 7) is 8.08. The van der Waals surface area contributed by atoms with Crippen molar-refractivity contribution < 1.29 is 9.59 Å². The molecule has 1 aromatic carbocycles. The van der Waals surface area contributed by atoms with Crippen LogP contribution in [-0.2, 0) is 4.79 Å². The molecule has 5 nitrogen and oxygen atoms in total. The fourth-order valence-electron chi connectivity index (χ4n) is 1.82. The Morgan fingerprint density at radius 3 is 2.52 bits per heavy atom. The molecule has 3 N–H and O–H groups in total. The molecule has 0 aliphatic carbocycles. The summed E-state index contributed by atoms with van der Waals surface area (Å²) < 4.78 is 0. The highest BCUT2D eigenvalue weighted by Crippen LogP contribution is 2.22. The maximum atomic E-state index is 12.2. The van der Waals surface area contributed by atoms with Crippen LogP contribution in [0.25, 0.3) is 0 Å². The van der Waals surface area contributed by atoms with Crippen molar-refractivity contribution in [3.63, 3.8) is 0 Å².